The highest BCUT2D eigenvalue weighted by Crippen LogP contribution is 2.20. The molecule has 2 nitrogen and oxygen atoms in total. The largest absolute Gasteiger partial charge is 0.390 e. The SMILES string of the molecule is CC(C)C(C)C(O)C(O)C(C)C. The fourth-order valence-corrected chi connectivity index (χ4v) is 1.10. The van der Waals surface area contributed by atoms with Crippen molar-refractivity contribution in [2.24, 2.45) is 17.8 Å². The van der Waals surface area contributed by atoms with Crippen molar-refractivity contribution >= 4 is 0 Å². The van der Waals surface area contributed by atoms with Gasteiger partial charge in [0.2, 0.25) is 0 Å². The Balaban J connectivity index is 4.08. The summed E-state index contributed by atoms with van der Waals surface area (Å²) in [5.41, 5.74) is 0. The van der Waals surface area contributed by atoms with Gasteiger partial charge in [0.25, 0.3) is 0 Å². The molecule has 3 atom stereocenters. The molecule has 0 radical (unpaired) electrons. The first-order valence-corrected chi connectivity index (χ1v) is 4.74. The highest BCUT2D eigenvalue weighted by Gasteiger charge is 2.26. The Labute approximate surface area is 75.6 Å². The minimum absolute atomic E-state index is 0.126. The Hall–Kier alpha value is -0.0800. The van der Waals surface area contributed by atoms with Crippen LogP contribution in [0, 0.1) is 17.8 Å². The Morgan fingerprint density at radius 1 is 0.667 bits per heavy atom. The number of rotatable bonds is 4. The van der Waals surface area contributed by atoms with E-state index >= 15 is 0 Å². The van der Waals surface area contributed by atoms with Gasteiger partial charge in [0.15, 0.2) is 0 Å². The van der Waals surface area contributed by atoms with E-state index in [2.05, 4.69) is 13.8 Å². The molecular weight excluding hydrogens is 152 g/mol. The maximum atomic E-state index is 9.68. The van der Waals surface area contributed by atoms with Crippen molar-refractivity contribution in [3.05, 3.63) is 0 Å². The van der Waals surface area contributed by atoms with Gasteiger partial charge in [-0.1, -0.05) is 34.6 Å². The van der Waals surface area contributed by atoms with Crippen LogP contribution in [0.25, 0.3) is 0 Å². The summed E-state index contributed by atoms with van der Waals surface area (Å²) < 4.78 is 0. The van der Waals surface area contributed by atoms with E-state index in [9.17, 15) is 10.2 Å². The van der Waals surface area contributed by atoms with Gasteiger partial charge >= 0.3 is 0 Å². The molecule has 74 valence electrons. The third-order valence-corrected chi connectivity index (χ3v) is 2.62. The minimum Gasteiger partial charge on any atom is -0.390 e. The molecule has 0 aliphatic carbocycles. The third-order valence-electron chi connectivity index (χ3n) is 2.62. The summed E-state index contributed by atoms with van der Waals surface area (Å²) >= 11 is 0. The van der Waals surface area contributed by atoms with Crippen LogP contribution in [0.15, 0.2) is 0 Å². The molecule has 0 saturated carbocycles. The van der Waals surface area contributed by atoms with Gasteiger partial charge in [-0.25, -0.2) is 0 Å². The van der Waals surface area contributed by atoms with Gasteiger partial charge in [-0.2, -0.15) is 0 Å². The summed E-state index contributed by atoms with van der Waals surface area (Å²) in [6.07, 6.45) is -1.19. The summed E-state index contributed by atoms with van der Waals surface area (Å²) in [4.78, 5) is 0. The van der Waals surface area contributed by atoms with E-state index in [0.29, 0.717) is 5.92 Å². The smallest absolute Gasteiger partial charge is 0.0829 e. The van der Waals surface area contributed by atoms with Crippen molar-refractivity contribution in [2.45, 2.75) is 46.8 Å². The second kappa shape index (κ2) is 4.83. The van der Waals surface area contributed by atoms with E-state index in [0.717, 1.165) is 0 Å². The number of aliphatic hydroxyl groups is 2. The van der Waals surface area contributed by atoms with Gasteiger partial charge in [-0.15, -0.1) is 0 Å². The molecule has 0 aromatic heterocycles. The number of hydrogen-bond acceptors (Lipinski definition) is 2. The molecule has 0 aromatic rings. The molecule has 0 saturated heterocycles. The zero-order valence-corrected chi connectivity index (χ0v) is 8.78. The Morgan fingerprint density at radius 3 is 1.33 bits per heavy atom. The van der Waals surface area contributed by atoms with Gasteiger partial charge in [0, 0.05) is 0 Å². The number of aliphatic hydroxyl groups excluding tert-OH is 2. The Morgan fingerprint density at radius 2 is 1.08 bits per heavy atom. The first kappa shape index (κ1) is 11.9. The summed E-state index contributed by atoms with van der Waals surface area (Å²) in [6, 6.07) is 0. The standard InChI is InChI=1S/C10H22O2/c1-6(2)8(5)10(12)9(11)7(3)4/h6-12H,1-5H3. The van der Waals surface area contributed by atoms with E-state index in [4.69, 9.17) is 0 Å². The molecule has 0 aliphatic rings. The van der Waals surface area contributed by atoms with Crippen LogP contribution in [0.2, 0.25) is 0 Å². The molecule has 3 unspecified atom stereocenters. The van der Waals surface area contributed by atoms with Crippen LogP contribution in [0.1, 0.15) is 34.6 Å². The molecule has 0 bridgehead atoms. The van der Waals surface area contributed by atoms with E-state index < -0.39 is 12.2 Å². The van der Waals surface area contributed by atoms with Crippen LogP contribution >= 0.6 is 0 Å². The minimum atomic E-state index is -0.595. The molecule has 2 heteroatoms. The summed E-state index contributed by atoms with van der Waals surface area (Å²) in [5.74, 6) is 0.692. The van der Waals surface area contributed by atoms with Crippen LogP contribution in [0.4, 0.5) is 0 Å². The molecule has 2 N–H and O–H groups in total. The van der Waals surface area contributed by atoms with Gasteiger partial charge < -0.3 is 10.2 Å². The molecular formula is C10H22O2. The van der Waals surface area contributed by atoms with Crippen molar-refractivity contribution in [3.63, 3.8) is 0 Å². The monoisotopic (exact) mass is 174 g/mol. The predicted octanol–water partition coefficient (Wildman–Crippen LogP) is 1.66. The zero-order chi connectivity index (χ0) is 9.89. The van der Waals surface area contributed by atoms with Crippen molar-refractivity contribution in [2.75, 3.05) is 0 Å². The van der Waals surface area contributed by atoms with Crippen LogP contribution in [-0.4, -0.2) is 22.4 Å². The fraction of sp³-hybridized carbons (Fsp3) is 1.00. The topological polar surface area (TPSA) is 40.5 Å². The highest BCUT2D eigenvalue weighted by molar-refractivity contribution is 4.76. The summed E-state index contributed by atoms with van der Waals surface area (Å²) in [6.45, 7) is 9.92. The third kappa shape index (κ3) is 3.11. The van der Waals surface area contributed by atoms with Crippen molar-refractivity contribution in [1.82, 2.24) is 0 Å². The van der Waals surface area contributed by atoms with Crippen LogP contribution in [0.5, 0.6) is 0 Å². The maximum Gasteiger partial charge on any atom is 0.0829 e. The maximum absolute atomic E-state index is 9.68. The van der Waals surface area contributed by atoms with Crippen molar-refractivity contribution in [3.8, 4) is 0 Å². The van der Waals surface area contributed by atoms with Gasteiger partial charge in [-0.05, 0) is 17.8 Å². The van der Waals surface area contributed by atoms with Crippen LogP contribution in [0.3, 0.4) is 0 Å². The molecule has 0 amide bonds. The Bertz CT molecular complexity index is 107. The lowest BCUT2D eigenvalue weighted by Gasteiger charge is -2.28. The van der Waals surface area contributed by atoms with Gasteiger partial charge in [0.1, 0.15) is 0 Å². The lowest BCUT2D eigenvalue weighted by atomic mass is 9.86. The first-order valence-electron chi connectivity index (χ1n) is 4.74. The normalized spacial score (nSPS) is 19.8. The van der Waals surface area contributed by atoms with Crippen LogP contribution in [-0.2, 0) is 0 Å². The molecule has 0 aliphatic heterocycles. The first-order chi connectivity index (χ1) is 5.37. The molecule has 0 fully saturated rings. The van der Waals surface area contributed by atoms with Crippen LogP contribution < -0.4 is 0 Å². The Kier molecular flexibility index (Phi) is 4.80. The van der Waals surface area contributed by atoms with Crippen molar-refractivity contribution in [1.29, 1.82) is 0 Å². The van der Waals surface area contributed by atoms with E-state index in [1.165, 1.54) is 0 Å². The average molecular weight is 174 g/mol. The molecule has 0 rings (SSSR count). The summed E-state index contributed by atoms with van der Waals surface area (Å²) in [7, 11) is 0. The average Bonchev–Trinajstić information content (AvgIpc) is 2.00. The lowest BCUT2D eigenvalue weighted by molar-refractivity contribution is -0.0460. The van der Waals surface area contributed by atoms with E-state index in [1.54, 1.807) is 0 Å². The molecule has 12 heavy (non-hydrogen) atoms. The molecule has 0 aromatic carbocycles. The zero-order valence-electron chi connectivity index (χ0n) is 8.78. The predicted molar refractivity (Wildman–Crippen MR) is 50.9 cm³/mol. The quantitative estimate of drug-likeness (QED) is 0.680. The van der Waals surface area contributed by atoms with E-state index in [1.807, 2.05) is 20.8 Å². The van der Waals surface area contributed by atoms with Crippen molar-refractivity contribution < 1.29 is 10.2 Å². The summed E-state index contributed by atoms with van der Waals surface area (Å²) in [5, 5.41) is 19.2. The lowest BCUT2D eigenvalue weighted by Crippen LogP contribution is -2.37. The highest BCUT2D eigenvalue weighted by atomic mass is 16.3. The fourth-order valence-electron chi connectivity index (χ4n) is 1.10. The molecule has 0 spiro atoms. The van der Waals surface area contributed by atoms with Gasteiger partial charge in [-0.3, -0.25) is 0 Å². The molecule has 0 heterocycles. The second-order valence-corrected chi connectivity index (χ2v) is 4.33. The van der Waals surface area contributed by atoms with E-state index in [-0.39, 0.29) is 11.8 Å². The number of hydrogen-bond donors (Lipinski definition) is 2. The second-order valence-electron chi connectivity index (χ2n) is 4.33. The van der Waals surface area contributed by atoms with Gasteiger partial charge in [0.05, 0.1) is 12.2 Å².